The average molecular weight is 405 g/mol. The predicted molar refractivity (Wildman–Crippen MR) is 108 cm³/mol. The number of aromatic nitrogens is 5. The van der Waals surface area contributed by atoms with E-state index in [1.807, 2.05) is 38.1 Å². The van der Waals surface area contributed by atoms with Crippen LogP contribution < -0.4 is 5.56 Å². The smallest absolute Gasteiger partial charge is 0.262 e. The summed E-state index contributed by atoms with van der Waals surface area (Å²) in [5, 5.41) is 4.54. The van der Waals surface area contributed by atoms with Gasteiger partial charge in [0.05, 0.1) is 23.4 Å². The van der Waals surface area contributed by atoms with Crippen molar-refractivity contribution in [2.45, 2.75) is 44.8 Å². The van der Waals surface area contributed by atoms with E-state index in [1.165, 1.54) is 10.9 Å². The zero-order chi connectivity index (χ0) is 20.9. The van der Waals surface area contributed by atoms with E-state index in [0.29, 0.717) is 41.0 Å². The van der Waals surface area contributed by atoms with Crippen LogP contribution in [0.3, 0.4) is 0 Å². The molecule has 1 fully saturated rings. The SMILES string of the molecule is Cc1ccc(C2(F)CC(c3noc(Cn4cnc5cncc(C)c5c4=O)n3)C2)cc1. The average Bonchev–Trinajstić information content (AvgIpc) is 3.16. The minimum absolute atomic E-state index is 0.103. The molecule has 1 aliphatic carbocycles. The highest BCUT2D eigenvalue weighted by Crippen LogP contribution is 2.53. The van der Waals surface area contributed by atoms with Crippen LogP contribution in [-0.4, -0.2) is 24.7 Å². The van der Waals surface area contributed by atoms with Crippen molar-refractivity contribution in [3.63, 3.8) is 0 Å². The van der Waals surface area contributed by atoms with Gasteiger partial charge in [-0.25, -0.2) is 9.37 Å². The van der Waals surface area contributed by atoms with Gasteiger partial charge < -0.3 is 4.52 Å². The molecular weight excluding hydrogens is 385 g/mol. The Kier molecular flexibility index (Phi) is 4.23. The summed E-state index contributed by atoms with van der Waals surface area (Å²) in [5.74, 6) is 0.674. The third-order valence-electron chi connectivity index (χ3n) is 5.79. The monoisotopic (exact) mass is 405 g/mol. The molecule has 1 aliphatic rings. The van der Waals surface area contributed by atoms with Gasteiger partial charge in [0.2, 0.25) is 5.89 Å². The molecule has 0 aliphatic heterocycles. The quantitative estimate of drug-likeness (QED) is 0.516. The molecule has 0 atom stereocenters. The van der Waals surface area contributed by atoms with Crippen molar-refractivity contribution in [1.29, 1.82) is 0 Å². The number of nitrogens with zero attached hydrogens (tertiary/aromatic N) is 5. The highest BCUT2D eigenvalue weighted by molar-refractivity contribution is 5.79. The molecule has 1 aromatic carbocycles. The lowest BCUT2D eigenvalue weighted by atomic mass is 9.68. The Bertz CT molecular complexity index is 1290. The Labute approximate surface area is 171 Å². The number of benzene rings is 1. The van der Waals surface area contributed by atoms with Gasteiger partial charge in [-0.1, -0.05) is 35.0 Å². The molecule has 0 unspecified atom stereocenters. The summed E-state index contributed by atoms with van der Waals surface area (Å²) < 4.78 is 21.9. The Morgan fingerprint density at radius 3 is 2.73 bits per heavy atom. The fraction of sp³-hybridized carbons (Fsp3) is 0.318. The number of pyridine rings is 1. The summed E-state index contributed by atoms with van der Waals surface area (Å²) in [5.41, 5.74) is 1.55. The maximum Gasteiger partial charge on any atom is 0.262 e. The van der Waals surface area contributed by atoms with Gasteiger partial charge in [0.1, 0.15) is 12.2 Å². The molecule has 4 aromatic rings. The normalized spacial score (nSPS) is 21.0. The van der Waals surface area contributed by atoms with E-state index in [-0.39, 0.29) is 18.0 Å². The summed E-state index contributed by atoms with van der Waals surface area (Å²) in [4.78, 5) is 25.5. The predicted octanol–water partition coefficient (Wildman–Crippen LogP) is 3.58. The minimum atomic E-state index is -1.36. The van der Waals surface area contributed by atoms with Crippen LogP contribution >= 0.6 is 0 Å². The summed E-state index contributed by atoms with van der Waals surface area (Å²) in [6.45, 7) is 3.91. The maximum atomic E-state index is 15.2. The van der Waals surface area contributed by atoms with Crippen LogP contribution in [0.1, 0.15) is 47.2 Å². The van der Waals surface area contributed by atoms with Crippen molar-refractivity contribution in [1.82, 2.24) is 24.7 Å². The molecule has 3 heterocycles. The van der Waals surface area contributed by atoms with Gasteiger partial charge in [-0.3, -0.25) is 14.3 Å². The van der Waals surface area contributed by atoms with Crippen LogP contribution in [0.4, 0.5) is 4.39 Å². The second-order valence-electron chi connectivity index (χ2n) is 8.01. The fourth-order valence-corrected chi connectivity index (χ4v) is 4.00. The van der Waals surface area contributed by atoms with Crippen molar-refractivity contribution in [2.24, 2.45) is 0 Å². The molecule has 5 rings (SSSR count). The fourth-order valence-electron chi connectivity index (χ4n) is 4.00. The molecule has 0 bridgehead atoms. The van der Waals surface area contributed by atoms with Gasteiger partial charge in [0.25, 0.3) is 5.56 Å². The van der Waals surface area contributed by atoms with Gasteiger partial charge >= 0.3 is 0 Å². The molecule has 0 spiro atoms. The molecule has 0 radical (unpaired) electrons. The van der Waals surface area contributed by atoms with Gasteiger partial charge in [-0.2, -0.15) is 4.98 Å². The van der Waals surface area contributed by atoms with Crippen LogP contribution in [0.25, 0.3) is 10.9 Å². The lowest BCUT2D eigenvalue weighted by Gasteiger charge is -2.40. The van der Waals surface area contributed by atoms with Gasteiger partial charge in [0.15, 0.2) is 5.82 Å². The molecule has 0 saturated heterocycles. The second-order valence-corrected chi connectivity index (χ2v) is 8.01. The van der Waals surface area contributed by atoms with E-state index in [0.717, 1.165) is 11.1 Å². The van der Waals surface area contributed by atoms with Crippen LogP contribution in [-0.2, 0) is 12.2 Å². The second kappa shape index (κ2) is 6.83. The Balaban J connectivity index is 1.33. The topological polar surface area (TPSA) is 86.7 Å². The first-order valence-corrected chi connectivity index (χ1v) is 9.81. The summed E-state index contributed by atoms with van der Waals surface area (Å²) in [6.07, 6.45) is 5.28. The van der Waals surface area contributed by atoms with E-state index in [4.69, 9.17) is 4.52 Å². The molecule has 152 valence electrons. The molecule has 7 nitrogen and oxygen atoms in total. The van der Waals surface area contributed by atoms with Crippen LogP contribution in [0.2, 0.25) is 0 Å². The standard InChI is InChI=1S/C22H20FN5O2/c1-13-3-5-16(6-4-13)22(23)7-15(8-22)20-26-18(30-27-20)11-28-12-25-17-10-24-9-14(2)19(17)21(28)29/h3-6,9-10,12,15H,7-8,11H2,1-2H3. The highest BCUT2D eigenvalue weighted by Gasteiger charge is 2.48. The van der Waals surface area contributed by atoms with Gasteiger partial charge in [-0.05, 0) is 37.8 Å². The first-order valence-electron chi connectivity index (χ1n) is 9.81. The molecular formula is C22H20FN5O2. The van der Waals surface area contributed by atoms with E-state index in [9.17, 15) is 4.79 Å². The Hall–Kier alpha value is -3.42. The molecule has 8 heteroatoms. The summed E-state index contributed by atoms with van der Waals surface area (Å²) >= 11 is 0. The Morgan fingerprint density at radius 1 is 1.20 bits per heavy atom. The van der Waals surface area contributed by atoms with Crippen molar-refractivity contribution in [3.8, 4) is 0 Å². The van der Waals surface area contributed by atoms with Crippen LogP contribution in [0, 0.1) is 13.8 Å². The van der Waals surface area contributed by atoms with Crippen LogP contribution in [0.15, 0.2) is 52.3 Å². The van der Waals surface area contributed by atoms with Gasteiger partial charge in [-0.15, -0.1) is 0 Å². The molecule has 30 heavy (non-hydrogen) atoms. The van der Waals surface area contributed by atoms with E-state index >= 15 is 4.39 Å². The number of halogens is 1. The van der Waals surface area contributed by atoms with E-state index < -0.39 is 5.67 Å². The zero-order valence-electron chi connectivity index (χ0n) is 16.7. The van der Waals surface area contributed by atoms with Crippen molar-refractivity contribution in [2.75, 3.05) is 0 Å². The first-order chi connectivity index (χ1) is 14.4. The molecule has 0 amide bonds. The van der Waals surface area contributed by atoms with E-state index in [2.05, 4.69) is 20.1 Å². The minimum Gasteiger partial charge on any atom is -0.337 e. The zero-order valence-corrected chi connectivity index (χ0v) is 16.7. The molecule has 3 aromatic heterocycles. The van der Waals surface area contributed by atoms with Crippen molar-refractivity contribution < 1.29 is 8.91 Å². The number of hydrogen-bond acceptors (Lipinski definition) is 6. The lowest BCUT2D eigenvalue weighted by Crippen LogP contribution is -2.36. The Morgan fingerprint density at radius 2 is 1.97 bits per heavy atom. The van der Waals surface area contributed by atoms with Gasteiger partial charge in [0, 0.05) is 12.1 Å². The summed E-state index contributed by atoms with van der Waals surface area (Å²) in [7, 11) is 0. The van der Waals surface area contributed by atoms with Crippen molar-refractivity contribution in [3.05, 3.63) is 81.7 Å². The number of fused-ring (bicyclic) bond motifs is 1. The lowest BCUT2D eigenvalue weighted by molar-refractivity contribution is 0.0336. The molecule has 0 N–H and O–H groups in total. The maximum absolute atomic E-state index is 15.2. The van der Waals surface area contributed by atoms with E-state index in [1.54, 1.807) is 12.4 Å². The first kappa shape index (κ1) is 18.6. The third kappa shape index (κ3) is 3.08. The third-order valence-corrected chi connectivity index (χ3v) is 5.79. The number of hydrogen-bond donors (Lipinski definition) is 0. The highest BCUT2D eigenvalue weighted by atomic mass is 19.1. The van der Waals surface area contributed by atoms with Crippen molar-refractivity contribution >= 4 is 10.9 Å². The molecule has 1 saturated carbocycles. The largest absolute Gasteiger partial charge is 0.337 e. The number of alkyl halides is 1. The van der Waals surface area contributed by atoms with Crippen LogP contribution in [0.5, 0.6) is 0 Å². The summed E-state index contributed by atoms with van der Waals surface area (Å²) in [6, 6.07) is 7.51. The number of rotatable bonds is 4. The number of aryl methyl sites for hydroxylation is 2.